The van der Waals surface area contributed by atoms with Crippen molar-refractivity contribution >= 4 is 32.5 Å². The molecule has 0 radical (unpaired) electrons. The molecule has 0 bridgehead atoms. The second-order valence-corrected chi connectivity index (χ2v) is 7.31. The zero-order valence-corrected chi connectivity index (χ0v) is 15.5. The Morgan fingerprint density at radius 1 is 1.16 bits per heavy atom. The van der Waals surface area contributed by atoms with Crippen LogP contribution in [0.5, 0.6) is 0 Å². The maximum absolute atomic E-state index is 13.2. The Morgan fingerprint density at radius 2 is 2.00 bits per heavy atom. The summed E-state index contributed by atoms with van der Waals surface area (Å²) in [6, 6.07) is 5.61. The molecule has 2 aliphatic rings. The number of rotatable bonds is 3. The van der Waals surface area contributed by atoms with Crippen molar-refractivity contribution in [1.82, 2.24) is 4.90 Å². The third kappa shape index (κ3) is 3.50. The van der Waals surface area contributed by atoms with Crippen molar-refractivity contribution in [2.24, 2.45) is 0 Å². The zero-order valence-electron chi connectivity index (χ0n) is 14.0. The Bertz CT molecular complexity index is 907. The summed E-state index contributed by atoms with van der Waals surface area (Å²) in [6.45, 7) is 3.79. The van der Waals surface area contributed by atoms with E-state index in [1.54, 1.807) is 0 Å². The quantitative estimate of drug-likeness (QED) is 0.775. The van der Waals surface area contributed by atoms with Crippen LogP contribution in [0, 0.1) is 0 Å². The molecule has 25 heavy (non-hydrogen) atoms. The molecule has 0 N–H and O–H groups in total. The van der Waals surface area contributed by atoms with E-state index in [1.165, 1.54) is 0 Å². The van der Waals surface area contributed by atoms with Gasteiger partial charge >= 0.3 is 0 Å². The molecule has 0 saturated carbocycles. The van der Waals surface area contributed by atoms with Gasteiger partial charge in [0.15, 0.2) is 0 Å². The molecule has 1 aromatic heterocycles. The number of allylic oxidation sites excluding steroid dienone is 4. The van der Waals surface area contributed by atoms with E-state index in [1.807, 2.05) is 24.3 Å². The fraction of sp³-hybridized carbons (Fsp3) is 0.350. The second-order valence-electron chi connectivity index (χ2n) is 6.40. The molecule has 4 nitrogen and oxygen atoms in total. The molecule has 5 heteroatoms. The summed E-state index contributed by atoms with van der Waals surface area (Å²) in [4.78, 5) is 15.5. The lowest BCUT2D eigenvalue weighted by Gasteiger charge is -2.27. The van der Waals surface area contributed by atoms with E-state index >= 15 is 0 Å². The minimum Gasteiger partial charge on any atom is -0.459 e. The molecule has 0 unspecified atom stereocenters. The third-order valence-corrected chi connectivity index (χ3v) is 5.17. The summed E-state index contributed by atoms with van der Waals surface area (Å²) in [5, 5.41) is 0.620. The van der Waals surface area contributed by atoms with Crippen LogP contribution < -0.4 is 5.43 Å². The van der Waals surface area contributed by atoms with E-state index < -0.39 is 0 Å². The summed E-state index contributed by atoms with van der Waals surface area (Å²) in [5.74, 6) is 0.750. The van der Waals surface area contributed by atoms with Crippen LogP contribution in [0.2, 0.25) is 0 Å². The molecule has 2 heterocycles. The largest absolute Gasteiger partial charge is 0.459 e. The van der Waals surface area contributed by atoms with Crippen molar-refractivity contribution in [2.45, 2.75) is 19.4 Å². The first-order chi connectivity index (χ1) is 12.2. The van der Waals surface area contributed by atoms with Crippen molar-refractivity contribution in [1.29, 1.82) is 0 Å². The van der Waals surface area contributed by atoms with Crippen molar-refractivity contribution in [3.63, 3.8) is 0 Å². The van der Waals surface area contributed by atoms with Crippen molar-refractivity contribution in [2.75, 3.05) is 26.3 Å². The van der Waals surface area contributed by atoms with Crippen molar-refractivity contribution < 1.29 is 9.15 Å². The number of hydrogen-bond donors (Lipinski definition) is 0. The first-order valence-electron chi connectivity index (χ1n) is 8.65. The minimum atomic E-state index is 0.0450. The molecular formula is C20H20BrNO3. The van der Waals surface area contributed by atoms with E-state index in [4.69, 9.17) is 9.15 Å². The highest BCUT2D eigenvalue weighted by molar-refractivity contribution is 9.10. The predicted octanol–water partition coefficient (Wildman–Crippen LogP) is 4.12. The zero-order chi connectivity index (χ0) is 17.2. The van der Waals surface area contributed by atoms with E-state index in [0.717, 1.165) is 55.0 Å². The number of nitrogens with zero attached hydrogens (tertiary/aromatic N) is 1. The number of halogens is 1. The molecule has 4 rings (SSSR count). The molecule has 0 atom stereocenters. The van der Waals surface area contributed by atoms with Crippen LogP contribution >= 0.6 is 15.9 Å². The average molecular weight is 402 g/mol. The van der Waals surface area contributed by atoms with Gasteiger partial charge in [0.2, 0.25) is 5.43 Å². The lowest BCUT2D eigenvalue weighted by atomic mass is 9.97. The van der Waals surface area contributed by atoms with Gasteiger partial charge < -0.3 is 9.15 Å². The summed E-state index contributed by atoms with van der Waals surface area (Å²) in [5.41, 5.74) is 2.36. The lowest BCUT2D eigenvalue weighted by Crippen LogP contribution is -2.36. The maximum atomic E-state index is 13.2. The first-order valence-corrected chi connectivity index (χ1v) is 9.44. The van der Waals surface area contributed by atoms with E-state index in [-0.39, 0.29) is 5.43 Å². The normalized spacial score (nSPS) is 18.5. The molecule has 1 saturated heterocycles. The molecular weight excluding hydrogens is 382 g/mol. The van der Waals surface area contributed by atoms with Crippen LogP contribution in [0.3, 0.4) is 0 Å². The predicted molar refractivity (Wildman–Crippen MR) is 103 cm³/mol. The Hall–Kier alpha value is -1.69. The summed E-state index contributed by atoms with van der Waals surface area (Å²) >= 11 is 3.45. The first kappa shape index (κ1) is 16.8. The number of ether oxygens (including phenoxy) is 1. The van der Waals surface area contributed by atoms with Gasteiger partial charge in [-0.05, 0) is 36.6 Å². The van der Waals surface area contributed by atoms with Gasteiger partial charge in [-0.3, -0.25) is 9.69 Å². The lowest BCUT2D eigenvalue weighted by molar-refractivity contribution is 0.0313. The molecule has 0 spiro atoms. The Balaban J connectivity index is 1.86. The van der Waals surface area contributed by atoms with Crippen LogP contribution in [-0.2, 0) is 11.3 Å². The standard InChI is InChI=1S/C20H20BrNO3/c21-15-6-7-17-16(12-15)20(23)19(14-4-2-1-3-5-14)18(25-17)13-22-8-10-24-11-9-22/h2,4-7,12H,1,3,8-11,13H2. The highest BCUT2D eigenvalue weighted by Crippen LogP contribution is 2.27. The number of fused-ring (bicyclic) bond motifs is 1. The van der Waals surface area contributed by atoms with Crippen LogP contribution in [0.15, 0.2) is 50.1 Å². The number of morpholine rings is 1. The summed E-state index contributed by atoms with van der Waals surface area (Å²) in [7, 11) is 0. The number of hydrogen-bond acceptors (Lipinski definition) is 4. The van der Waals surface area contributed by atoms with E-state index in [2.05, 4.69) is 33.0 Å². The highest BCUT2D eigenvalue weighted by Gasteiger charge is 2.21. The SMILES string of the molecule is O=c1c(C2=CCCC=C2)c(CN2CCOCC2)oc2ccc(Br)cc12. The monoisotopic (exact) mass is 401 g/mol. The van der Waals surface area contributed by atoms with E-state index in [0.29, 0.717) is 23.1 Å². The third-order valence-electron chi connectivity index (χ3n) is 4.68. The van der Waals surface area contributed by atoms with Crippen LogP contribution in [0.4, 0.5) is 0 Å². The Morgan fingerprint density at radius 3 is 2.76 bits per heavy atom. The van der Waals surface area contributed by atoms with Gasteiger partial charge in [0.1, 0.15) is 11.3 Å². The Kier molecular flexibility index (Phi) is 4.88. The Labute approximate surface area is 154 Å². The van der Waals surface area contributed by atoms with Gasteiger partial charge in [-0.2, -0.15) is 0 Å². The highest BCUT2D eigenvalue weighted by atomic mass is 79.9. The molecule has 1 aromatic carbocycles. The topological polar surface area (TPSA) is 42.7 Å². The van der Waals surface area contributed by atoms with Gasteiger partial charge in [0, 0.05) is 17.6 Å². The van der Waals surface area contributed by atoms with Gasteiger partial charge in [-0.15, -0.1) is 0 Å². The molecule has 2 aromatic rings. The fourth-order valence-corrected chi connectivity index (χ4v) is 3.74. The van der Waals surface area contributed by atoms with Crippen LogP contribution in [0.25, 0.3) is 16.5 Å². The second kappa shape index (κ2) is 7.28. The molecule has 130 valence electrons. The van der Waals surface area contributed by atoms with E-state index in [9.17, 15) is 4.79 Å². The van der Waals surface area contributed by atoms with Gasteiger partial charge in [0.25, 0.3) is 0 Å². The average Bonchev–Trinajstić information content (AvgIpc) is 2.64. The fourth-order valence-electron chi connectivity index (χ4n) is 3.38. The maximum Gasteiger partial charge on any atom is 0.200 e. The molecule has 1 aliphatic heterocycles. The number of benzene rings is 1. The van der Waals surface area contributed by atoms with Crippen molar-refractivity contribution in [3.8, 4) is 0 Å². The van der Waals surface area contributed by atoms with Crippen LogP contribution in [-0.4, -0.2) is 31.2 Å². The smallest absolute Gasteiger partial charge is 0.200 e. The molecule has 1 fully saturated rings. The van der Waals surface area contributed by atoms with Crippen LogP contribution in [0.1, 0.15) is 24.2 Å². The summed E-state index contributed by atoms with van der Waals surface area (Å²) < 4.78 is 12.5. The van der Waals surface area contributed by atoms with Gasteiger partial charge in [-0.25, -0.2) is 0 Å². The molecule has 0 amide bonds. The summed E-state index contributed by atoms with van der Waals surface area (Å²) in [6.07, 6.45) is 8.28. The van der Waals surface area contributed by atoms with Gasteiger partial charge in [0.05, 0.1) is 30.7 Å². The molecule has 1 aliphatic carbocycles. The van der Waals surface area contributed by atoms with Gasteiger partial charge in [-0.1, -0.05) is 34.2 Å². The van der Waals surface area contributed by atoms with Crippen molar-refractivity contribution in [3.05, 3.63) is 62.4 Å². The minimum absolute atomic E-state index is 0.0450.